The van der Waals surface area contributed by atoms with Gasteiger partial charge in [-0.25, -0.2) is 0 Å². The zero-order valence-electron chi connectivity index (χ0n) is 10.9. The van der Waals surface area contributed by atoms with E-state index < -0.39 is 0 Å². The molecule has 2 aromatic carbocycles. The lowest BCUT2D eigenvalue weighted by atomic mass is 10.1. The number of hydrogen-bond acceptors (Lipinski definition) is 2. The van der Waals surface area contributed by atoms with Crippen molar-refractivity contribution >= 4 is 55.7 Å². The average Bonchev–Trinajstić information content (AvgIpc) is 2.48. The molecule has 3 rings (SSSR count). The van der Waals surface area contributed by atoms with Crippen molar-refractivity contribution in [2.24, 2.45) is 0 Å². The standard InChI is InChI=1S/C16H11BrCl2N2/c17-11-4-6-15(14(19)8-11)21-9-10-3-5-13(18)12-2-1-7-20-16(10)12/h1-8,21H,9H2. The number of hydrogen-bond donors (Lipinski definition) is 1. The number of halogens is 3. The third-order valence-electron chi connectivity index (χ3n) is 3.20. The molecule has 0 amide bonds. The van der Waals surface area contributed by atoms with Gasteiger partial charge in [0.25, 0.3) is 0 Å². The molecule has 0 saturated carbocycles. The maximum absolute atomic E-state index is 6.21. The van der Waals surface area contributed by atoms with Crippen molar-refractivity contribution in [1.29, 1.82) is 0 Å². The van der Waals surface area contributed by atoms with Crippen molar-refractivity contribution in [3.8, 4) is 0 Å². The Hall–Kier alpha value is -1.29. The van der Waals surface area contributed by atoms with Gasteiger partial charge >= 0.3 is 0 Å². The first kappa shape index (κ1) is 14.6. The SMILES string of the molecule is Clc1cc(Br)ccc1NCc1ccc(Cl)c2cccnc12. The highest BCUT2D eigenvalue weighted by molar-refractivity contribution is 9.10. The summed E-state index contributed by atoms with van der Waals surface area (Å²) < 4.78 is 0.955. The van der Waals surface area contributed by atoms with Gasteiger partial charge in [-0.15, -0.1) is 0 Å². The van der Waals surface area contributed by atoms with Gasteiger partial charge in [0.05, 0.1) is 16.2 Å². The molecule has 0 unspecified atom stereocenters. The lowest BCUT2D eigenvalue weighted by molar-refractivity contribution is 1.15. The molecule has 5 heteroatoms. The predicted octanol–water partition coefficient (Wildman–Crippen LogP) is 5.92. The van der Waals surface area contributed by atoms with E-state index in [1.807, 2.05) is 42.5 Å². The number of rotatable bonds is 3. The minimum Gasteiger partial charge on any atom is -0.380 e. The Morgan fingerprint density at radius 3 is 2.71 bits per heavy atom. The number of nitrogens with one attached hydrogen (secondary N) is 1. The number of aromatic nitrogens is 1. The molecule has 1 heterocycles. The van der Waals surface area contributed by atoms with E-state index in [0.29, 0.717) is 16.6 Å². The summed E-state index contributed by atoms with van der Waals surface area (Å²) in [7, 11) is 0. The summed E-state index contributed by atoms with van der Waals surface area (Å²) in [6.07, 6.45) is 1.77. The second kappa shape index (κ2) is 6.22. The molecule has 21 heavy (non-hydrogen) atoms. The average molecular weight is 382 g/mol. The van der Waals surface area contributed by atoms with Crippen LogP contribution in [0.1, 0.15) is 5.56 Å². The lowest BCUT2D eigenvalue weighted by Crippen LogP contribution is -2.01. The topological polar surface area (TPSA) is 24.9 Å². The summed E-state index contributed by atoms with van der Waals surface area (Å²) in [6, 6.07) is 13.5. The maximum atomic E-state index is 6.21. The van der Waals surface area contributed by atoms with Crippen LogP contribution in [0, 0.1) is 0 Å². The van der Waals surface area contributed by atoms with E-state index in [0.717, 1.165) is 26.6 Å². The molecule has 0 radical (unpaired) electrons. The molecular weight excluding hydrogens is 371 g/mol. The normalized spacial score (nSPS) is 10.8. The fourth-order valence-corrected chi connectivity index (χ4v) is 3.12. The Morgan fingerprint density at radius 2 is 1.90 bits per heavy atom. The van der Waals surface area contributed by atoms with Gasteiger partial charge in [0, 0.05) is 27.6 Å². The van der Waals surface area contributed by atoms with Crippen LogP contribution >= 0.6 is 39.1 Å². The van der Waals surface area contributed by atoms with Crippen LogP contribution in [0.4, 0.5) is 5.69 Å². The van der Waals surface area contributed by atoms with E-state index >= 15 is 0 Å². The Bertz CT molecular complexity index is 805. The van der Waals surface area contributed by atoms with Crippen LogP contribution in [0.5, 0.6) is 0 Å². The van der Waals surface area contributed by atoms with Gasteiger partial charge in [-0.05, 0) is 42.0 Å². The van der Waals surface area contributed by atoms with Crippen LogP contribution in [0.15, 0.2) is 53.1 Å². The Morgan fingerprint density at radius 1 is 1.05 bits per heavy atom. The van der Waals surface area contributed by atoms with Crippen molar-refractivity contribution in [3.63, 3.8) is 0 Å². The Balaban J connectivity index is 1.90. The molecule has 106 valence electrons. The zero-order chi connectivity index (χ0) is 14.8. The quantitative estimate of drug-likeness (QED) is 0.609. The highest BCUT2D eigenvalue weighted by Crippen LogP contribution is 2.28. The van der Waals surface area contributed by atoms with Gasteiger partial charge in [-0.3, -0.25) is 4.98 Å². The summed E-state index contributed by atoms with van der Waals surface area (Å²) in [5.41, 5.74) is 2.87. The minimum absolute atomic E-state index is 0.631. The molecule has 0 fully saturated rings. The van der Waals surface area contributed by atoms with Crippen LogP contribution in [0.3, 0.4) is 0 Å². The largest absolute Gasteiger partial charge is 0.380 e. The molecule has 1 aromatic heterocycles. The van der Waals surface area contributed by atoms with Gasteiger partial charge in [-0.1, -0.05) is 45.2 Å². The van der Waals surface area contributed by atoms with Crippen molar-refractivity contribution in [1.82, 2.24) is 4.98 Å². The molecule has 1 N–H and O–H groups in total. The molecule has 0 bridgehead atoms. The van der Waals surface area contributed by atoms with Crippen LogP contribution in [-0.2, 0) is 6.54 Å². The number of fused-ring (bicyclic) bond motifs is 1. The molecule has 0 spiro atoms. The molecule has 2 nitrogen and oxygen atoms in total. The van der Waals surface area contributed by atoms with E-state index in [9.17, 15) is 0 Å². The molecule has 3 aromatic rings. The summed E-state index contributed by atoms with van der Waals surface area (Å²) in [4.78, 5) is 4.43. The molecule has 0 aliphatic heterocycles. The zero-order valence-corrected chi connectivity index (χ0v) is 14.0. The number of pyridine rings is 1. The van der Waals surface area contributed by atoms with Crippen molar-refractivity contribution in [2.75, 3.05) is 5.32 Å². The van der Waals surface area contributed by atoms with Crippen LogP contribution in [0.25, 0.3) is 10.9 Å². The van der Waals surface area contributed by atoms with Crippen LogP contribution in [0.2, 0.25) is 10.0 Å². The Kier molecular flexibility index (Phi) is 4.34. The van der Waals surface area contributed by atoms with E-state index in [4.69, 9.17) is 23.2 Å². The summed E-state index contributed by atoms with van der Waals surface area (Å²) in [5.74, 6) is 0. The van der Waals surface area contributed by atoms with E-state index in [-0.39, 0.29) is 0 Å². The van der Waals surface area contributed by atoms with E-state index in [1.165, 1.54) is 0 Å². The second-order valence-electron chi connectivity index (χ2n) is 4.58. The first-order chi connectivity index (χ1) is 10.1. The van der Waals surface area contributed by atoms with Crippen LogP contribution < -0.4 is 5.32 Å². The van der Waals surface area contributed by atoms with Gasteiger partial charge < -0.3 is 5.32 Å². The van der Waals surface area contributed by atoms with Gasteiger partial charge in [0.2, 0.25) is 0 Å². The smallest absolute Gasteiger partial charge is 0.0766 e. The third-order valence-corrected chi connectivity index (χ3v) is 4.34. The first-order valence-corrected chi connectivity index (χ1v) is 7.91. The molecular formula is C16H11BrCl2N2. The molecule has 0 aliphatic rings. The molecule has 0 aliphatic carbocycles. The predicted molar refractivity (Wildman–Crippen MR) is 93.2 cm³/mol. The summed E-state index contributed by atoms with van der Waals surface area (Å²) >= 11 is 15.8. The van der Waals surface area contributed by atoms with E-state index in [1.54, 1.807) is 6.20 Å². The number of benzene rings is 2. The number of anilines is 1. The van der Waals surface area contributed by atoms with E-state index in [2.05, 4.69) is 26.2 Å². The lowest BCUT2D eigenvalue weighted by Gasteiger charge is -2.11. The fraction of sp³-hybridized carbons (Fsp3) is 0.0625. The minimum atomic E-state index is 0.631. The second-order valence-corrected chi connectivity index (χ2v) is 6.31. The van der Waals surface area contributed by atoms with Crippen molar-refractivity contribution in [2.45, 2.75) is 6.54 Å². The van der Waals surface area contributed by atoms with Gasteiger partial charge in [0.1, 0.15) is 0 Å². The Labute approximate surface area is 141 Å². The first-order valence-electron chi connectivity index (χ1n) is 6.36. The summed E-state index contributed by atoms with van der Waals surface area (Å²) in [5, 5.41) is 5.68. The van der Waals surface area contributed by atoms with Gasteiger partial charge in [0.15, 0.2) is 0 Å². The highest BCUT2D eigenvalue weighted by Gasteiger charge is 2.07. The molecule has 0 saturated heterocycles. The van der Waals surface area contributed by atoms with Crippen molar-refractivity contribution < 1.29 is 0 Å². The highest BCUT2D eigenvalue weighted by atomic mass is 79.9. The van der Waals surface area contributed by atoms with Crippen molar-refractivity contribution in [3.05, 3.63) is 68.7 Å². The monoisotopic (exact) mass is 380 g/mol. The third kappa shape index (κ3) is 3.15. The molecule has 0 atom stereocenters. The van der Waals surface area contributed by atoms with Crippen LogP contribution in [-0.4, -0.2) is 4.98 Å². The van der Waals surface area contributed by atoms with Gasteiger partial charge in [-0.2, -0.15) is 0 Å². The maximum Gasteiger partial charge on any atom is 0.0766 e. The number of nitrogens with zero attached hydrogens (tertiary/aromatic N) is 1. The summed E-state index contributed by atoms with van der Waals surface area (Å²) in [6.45, 7) is 0.631. The fourth-order valence-electron chi connectivity index (χ4n) is 2.16.